The number of hydrogen-bond acceptors (Lipinski definition) is 8. The number of carbonyl (C=O) groups is 2. The molecule has 0 aliphatic carbocycles. The second-order valence-electron chi connectivity index (χ2n) is 8.55. The Kier molecular flexibility index (Phi) is 8.84. The predicted octanol–water partition coefficient (Wildman–Crippen LogP) is 4.59. The maximum absolute atomic E-state index is 11.9. The van der Waals surface area contributed by atoms with Crippen molar-refractivity contribution in [2.75, 3.05) is 13.7 Å². The maximum atomic E-state index is 11.9. The van der Waals surface area contributed by atoms with Crippen LogP contribution in [0, 0.1) is 18.3 Å². The van der Waals surface area contributed by atoms with Crippen LogP contribution < -0.4 is 0 Å². The molecule has 0 aliphatic heterocycles. The molecule has 0 radical (unpaired) electrons. The zero-order chi connectivity index (χ0) is 25.5. The molecule has 0 N–H and O–H groups in total. The number of methoxy groups -OCH3 is 1. The quantitative estimate of drug-likeness (QED) is 0.239. The first kappa shape index (κ1) is 26.5. The summed E-state index contributed by atoms with van der Waals surface area (Å²) >= 11 is 0. The topological polar surface area (TPSA) is 113 Å². The molecule has 2 rings (SSSR count). The molecule has 0 fully saturated rings. The third kappa shape index (κ3) is 6.85. The smallest absolute Gasteiger partial charge is 0.466 e. The van der Waals surface area contributed by atoms with Gasteiger partial charge in [-0.2, -0.15) is 10.4 Å². The number of allylic oxidation sites excluding steroid dienone is 1. The molecule has 1 unspecified atom stereocenters. The summed E-state index contributed by atoms with van der Waals surface area (Å²) in [6, 6.07) is 11.7. The van der Waals surface area contributed by atoms with Crippen molar-refractivity contribution in [2.45, 2.75) is 59.8 Å². The minimum atomic E-state index is -1.13. The predicted molar refractivity (Wildman–Crippen MR) is 125 cm³/mol. The van der Waals surface area contributed by atoms with Crippen molar-refractivity contribution in [3.05, 3.63) is 52.8 Å². The van der Waals surface area contributed by atoms with Gasteiger partial charge in [0, 0.05) is 13.5 Å². The second-order valence-corrected chi connectivity index (χ2v) is 8.55. The Labute approximate surface area is 199 Å². The van der Waals surface area contributed by atoms with E-state index in [2.05, 4.69) is 36.7 Å². The highest BCUT2D eigenvalue weighted by Gasteiger charge is 2.23. The van der Waals surface area contributed by atoms with E-state index >= 15 is 0 Å². The van der Waals surface area contributed by atoms with Gasteiger partial charge in [-0.3, -0.25) is 4.68 Å². The average Bonchev–Trinajstić information content (AvgIpc) is 3.17. The molecule has 1 aromatic heterocycles. The highest BCUT2D eigenvalue weighted by Crippen LogP contribution is 2.31. The Bertz CT molecular complexity index is 1090. The van der Waals surface area contributed by atoms with E-state index in [1.54, 1.807) is 10.7 Å². The van der Waals surface area contributed by atoms with Crippen LogP contribution in [-0.4, -0.2) is 41.9 Å². The van der Waals surface area contributed by atoms with Gasteiger partial charge in [0.05, 0.1) is 12.8 Å². The molecule has 0 amide bonds. The number of carbonyl (C=O) groups excluding carboxylic acids is 2. The van der Waals surface area contributed by atoms with Crippen molar-refractivity contribution in [1.29, 1.82) is 5.26 Å². The lowest BCUT2D eigenvalue weighted by atomic mass is 9.86. The first-order chi connectivity index (χ1) is 16.0. The number of aromatic nitrogens is 2. The monoisotopic (exact) mass is 469 g/mol. The van der Waals surface area contributed by atoms with Crippen molar-refractivity contribution < 1.29 is 28.5 Å². The van der Waals surface area contributed by atoms with Gasteiger partial charge in [-0.1, -0.05) is 45.0 Å². The van der Waals surface area contributed by atoms with E-state index in [0.717, 1.165) is 11.3 Å². The lowest BCUT2D eigenvalue weighted by Crippen LogP contribution is -2.22. The minimum absolute atomic E-state index is 0.0424. The number of nitrogens with zero attached hydrogens (tertiary/aromatic N) is 3. The summed E-state index contributed by atoms with van der Waals surface area (Å²) in [4.78, 5) is 23.1. The first-order valence-electron chi connectivity index (χ1n) is 10.9. The molecule has 0 aliphatic rings. The molecular weight excluding hydrogens is 438 g/mol. The molecule has 34 heavy (non-hydrogen) atoms. The van der Waals surface area contributed by atoms with Crippen LogP contribution in [0.3, 0.4) is 0 Å². The van der Waals surface area contributed by atoms with Crippen LogP contribution in [0.25, 0.3) is 11.3 Å². The molecule has 9 heteroatoms. The van der Waals surface area contributed by atoms with Crippen LogP contribution in [0.4, 0.5) is 4.79 Å². The average molecular weight is 470 g/mol. The molecule has 0 spiro atoms. The summed E-state index contributed by atoms with van der Waals surface area (Å²) in [5, 5.41) is 14.5. The van der Waals surface area contributed by atoms with Gasteiger partial charge in [0.15, 0.2) is 12.4 Å². The molecule has 182 valence electrons. The van der Waals surface area contributed by atoms with E-state index in [1.807, 2.05) is 38.1 Å². The van der Waals surface area contributed by atoms with E-state index < -0.39 is 25.0 Å². The minimum Gasteiger partial charge on any atom is -0.466 e. The maximum Gasteiger partial charge on any atom is 0.511 e. The van der Waals surface area contributed by atoms with E-state index in [1.165, 1.54) is 14.0 Å². The number of rotatable bonds is 8. The number of nitriles is 1. The van der Waals surface area contributed by atoms with E-state index in [0.29, 0.717) is 17.8 Å². The van der Waals surface area contributed by atoms with Gasteiger partial charge in [0.2, 0.25) is 6.29 Å². The van der Waals surface area contributed by atoms with Crippen LogP contribution in [0.2, 0.25) is 0 Å². The Hall–Kier alpha value is -3.80. The lowest BCUT2D eigenvalue weighted by Gasteiger charge is -2.21. The largest absolute Gasteiger partial charge is 0.511 e. The summed E-state index contributed by atoms with van der Waals surface area (Å²) in [6.07, 6.45) is -2.23. The van der Waals surface area contributed by atoms with Gasteiger partial charge in [-0.05, 0) is 36.5 Å². The van der Waals surface area contributed by atoms with Crippen LogP contribution in [0.5, 0.6) is 0 Å². The highest BCUT2D eigenvalue weighted by molar-refractivity contribution is 5.94. The van der Waals surface area contributed by atoms with Crippen molar-refractivity contribution in [3.8, 4) is 6.07 Å². The summed E-state index contributed by atoms with van der Waals surface area (Å²) in [6.45, 7) is 11.5. The molecule has 9 nitrogen and oxygen atoms in total. The van der Waals surface area contributed by atoms with Gasteiger partial charge in [-0.25, -0.2) is 9.59 Å². The molecular formula is C25H31N3O6. The third-order valence-corrected chi connectivity index (χ3v) is 4.89. The van der Waals surface area contributed by atoms with Crippen molar-refractivity contribution >= 4 is 23.5 Å². The summed E-state index contributed by atoms with van der Waals surface area (Å²) < 4.78 is 21.9. The molecule has 1 atom stereocenters. The van der Waals surface area contributed by atoms with Gasteiger partial charge >= 0.3 is 12.1 Å². The zero-order valence-corrected chi connectivity index (χ0v) is 20.7. The standard InChI is InChI=1S/C25H31N3O6/c1-8-28-21(13-16(2)27-28)23(33-17(3)34-24(30)32-15-22(29)31-7)20(14-26)18-9-11-19(12-10-18)25(4,5)6/h9-13,17H,8,15H2,1-7H3/b23-20-. The molecule has 1 heterocycles. The Morgan fingerprint density at radius 1 is 1.18 bits per heavy atom. The van der Waals surface area contributed by atoms with Gasteiger partial charge in [-0.15, -0.1) is 0 Å². The highest BCUT2D eigenvalue weighted by atomic mass is 16.8. The fourth-order valence-electron chi connectivity index (χ4n) is 3.14. The van der Waals surface area contributed by atoms with Gasteiger partial charge in [0.25, 0.3) is 0 Å². The van der Waals surface area contributed by atoms with Crippen LogP contribution >= 0.6 is 0 Å². The second kappa shape index (κ2) is 11.4. The Morgan fingerprint density at radius 2 is 1.82 bits per heavy atom. The zero-order valence-electron chi connectivity index (χ0n) is 20.7. The summed E-state index contributed by atoms with van der Waals surface area (Å²) in [5.74, 6) is -0.513. The fraction of sp³-hybridized carbons (Fsp3) is 0.440. The number of ether oxygens (including phenoxy) is 4. The van der Waals surface area contributed by atoms with E-state index in [9.17, 15) is 14.9 Å². The Morgan fingerprint density at radius 3 is 2.35 bits per heavy atom. The summed E-state index contributed by atoms with van der Waals surface area (Å²) in [5.41, 5.74) is 3.29. The molecule has 2 aromatic rings. The van der Waals surface area contributed by atoms with Crippen LogP contribution in [0.15, 0.2) is 30.3 Å². The van der Waals surface area contributed by atoms with Crippen molar-refractivity contribution in [1.82, 2.24) is 9.78 Å². The normalized spacial score (nSPS) is 12.8. The first-order valence-corrected chi connectivity index (χ1v) is 10.9. The van der Waals surface area contributed by atoms with Crippen LogP contribution in [-0.2, 0) is 35.7 Å². The summed E-state index contributed by atoms with van der Waals surface area (Å²) in [7, 11) is 1.18. The number of aryl methyl sites for hydroxylation is 2. The third-order valence-electron chi connectivity index (χ3n) is 4.89. The van der Waals surface area contributed by atoms with E-state index in [-0.39, 0.29) is 16.7 Å². The van der Waals surface area contributed by atoms with Crippen LogP contribution in [0.1, 0.15) is 57.1 Å². The van der Waals surface area contributed by atoms with Crippen molar-refractivity contribution in [2.24, 2.45) is 0 Å². The Balaban J connectivity index is 2.44. The molecule has 1 aromatic carbocycles. The molecule has 0 saturated carbocycles. The van der Waals surface area contributed by atoms with Gasteiger partial charge < -0.3 is 18.9 Å². The lowest BCUT2D eigenvalue weighted by molar-refractivity contribution is -0.146. The molecule has 0 bridgehead atoms. The van der Waals surface area contributed by atoms with Crippen molar-refractivity contribution in [3.63, 3.8) is 0 Å². The van der Waals surface area contributed by atoms with Gasteiger partial charge in [0.1, 0.15) is 17.3 Å². The number of benzene rings is 1. The fourth-order valence-corrected chi connectivity index (χ4v) is 3.14. The molecule has 0 saturated heterocycles. The number of esters is 1. The van der Waals surface area contributed by atoms with E-state index in [4.69, 9.17) is 14.2 Å². The number of hydrogen-bond donors (Lipinski definition) is 0. The SMILES string of the molecule is CCn1nc(C)cc1/C(OC(C)OC(=O)OCC(=O)OC)=C(\C#N)c1ccc(C(C)(C)C)cc1.